The Morgan fingerprint density at radius 2 is 2.00 bits per heavy atom. The number of rotatable bonds is 5. The number of anilines is 2. The van der Waals surface area contributed by atoms with Gasteiger partial charge >= 0.3 is 0 Å². The number of hydrogen-bond acceptors (Lipinski definition) is 6. The van der Waals surface area contributed by atoms with Crippen molar-refractivity contribution in [3.8, 4) is 11.3 Å². The van der Waals surface area contributed by atoms with Crippen molar-refractivity contribution in [2.24, 2.45) is 4.99 Å². The first-order valence-electron chi connectivity index (χ1n) is 14.0. The van der Waals surface area contributed by atoms with Gasteiger partial charge in [-0.1, -0.05) is 12.1 Å². The monoisotopic (exact) mass is 536 g/mol. The molecule has 8 nitrogen and oxygen atoms in total. The molecule has 1 N–H and O–H groups in total. The van der Waals surface area contributed by atoms with Gasteiger partial charge in [0.25, 0.3) is 5.91 Å². The van der Waals surface area contributed by atoms with Crippen LogP contribution in [0.15, 0.2) is 53.8 Å². The molecule has 5 heterocycles. The predicted molar refractivity (Wildman–Crippen MR) is 150 cm³/mol. The van der Waals surface area contributed by atoms with Crippen molar-refractivity contribution in [2.45, 2.75) is 49.6 Å². The van der Waals surface area contributed by atoms with Crippen LogP contribution in [0.2, 0.25) is 0 Å². The first-order chi connectivity index (χ1) is 19.5. The summed E-state index contributed by atoms with van der Waals surface area (Å²) in [4.78, 5) is 29.1. The Hall–Kier alpha value is -3.95. The molecular weight excluding hydrogens is 507 g/mol. The Morgan fingerprint density at radius 3 is 2.83 bits per heavy atom. The molecule has 0 radical (unpaired) electrons. The molecule has 1 aromatic carbocycles. The highest BCUT2D eigenvalue weighted by Crippen LogP contribution is 2.53. The summed E-state index contributed by atoms with van der Waals surface area (Å²) in [7, 11) is 2.24. The number of carbonyl (C=O) groups excluding carboxylic acids is 1. The number of aliphatic imine (C=N–C) groups is 1. The zero-order valence-electron chi connectivity index (χ0n) is 22.2. The highest BCUT2D eigenvalue weighted by molar-refractivity contribution is 6.19. The minimum Gasteiger partial charge on any atom is -0.381 e. The molecule has 4 aliphatic rings. The maximum Gasteiger partial charge on any atom is 0.279 e. The van der Waals surface area contributed by atoms with E-state index in [-0.39, 0.29) is 23.2 Å². The molecule has 4 aromatic rings. The SMILES string of the molecule is CN(C1CC1)C1CC2(CCOCC2)c2ccc(Nc3ccc(-c4cnc5cc(F)ccn45)c4c3C(=O)N=C4)nc21. The maximum atomic E-state index is 13.7. The van der Waals surface area contributed by atoms with Crippen LogP contribution in [0, 0.1) is 5.82 Å². The maximum absolute atomic E-state index is 13.7. The molecule has 1 unspecified atom stereocenters. The molecule has 1 spiro atoms. The van der Waals surface area contributed by atoms with Crippen LogP contribution in [0.25, 0.3) is 16.9 Å². The third-order valence-corrected chi connectivity index (χ3v) is 9.24. The largest absolute Gasteiger partial charge is 0.381 e. The molecule has 3 aromatic heterocycles. The van der Waals surface area contributed by atoms with Crippen molar-refractivity contribution in [1.29, 1.82) is 0 Å². The molecule has 0 bridgehead atoms. The van der Waals surface area contributed by atoms with Crippen molar-refractivity contribution in [1.82, 2.24) is 19.3 Å². The van der Waals surface area contributed by atoms with Crippen molar-refractivity contribution in [2.75, 3.05) is 25.6 Å². The van der Waals surface area contributed by atoms with Crippen LogP contribution in [0.4, 0.5) is 15.9 Å². The van der Waals surface area contributed by atoms with E-state index in [2.05, 4.69) is 33.3 Å². The number of halogens is 1. The minimum atomic E-state index is -0.346. The van der Waals surface area contributed by atoms with E-state index in [1.165, 1.54) is 30.5 Å². The normalized spacial score (nSPS) is 21.0. The van der Waals surface area contributed by atoms with E-state index < -0.39 is 0 Å². The summed E-state index contributed by atoms with van der Waals surface area (Å²) in [6.07, 6.45) is 10.6. The van der Waals surface area contributed by atoms with Gasteiger partial charge in [0.05, 0.1) is 34.9 Å². The van der Waals surface area contributed by atoms with Gasteiger partial charge in [0.15, 0.2) is 0 Å². The molecule has 2 aliphatic heterocycles. The summed E-state index contributed by atoms with van der Waals surface area (Å²) in [5.41, 5.74) is 6.58. The lowest BCUT2D eigenvalue weighted by Crippen LogP contribution is -2.33. The summed E-state index contributed by atoms with van der Waals surface area (Å²) >= 11 is 0. The number of ether oxygens (including phenoxy) is 1. The van der Waals surface area contributed by atoms with Crippen LogP contribution in [0.3, 0.4) is 0 Å². The van der Waals surface area contributed by atoms with Crippen LogP contribution in [-0.2, 0) is 10.2 Å². The number of nitrogens with one attached hydrogen (secondary N) is 1. The molecule has 202 valence electrons. The number of imidazole rings is 1. The highest BCUT2D eigenvalue weighted by atomic mass is 19.1. The van der Waals surface area contributed by atoms with Crippen molar-refractivity contribution in [3.05, 3.63) is 77.0 Å². The fraction of sp³-hybridized carbons (Fsp3) is 0.355. The molecule has 40 heavy (non-hydrogen) atoms. The van der Waals surface area contributed by atoms with Crippen molar-refractivity contribution >= 4 is 29.3 Å². The second kappa shape index (κ2) is 8.78. The second-order valence-corrected chi connectivity index (χ2v) is 11.5. The number of hydrogen-bond donors (Lipinski definition) is 1. The molecule has 8 rings (SSSR count). The zero-order valence-corrected chi connectivity index (χ0v) is 22.2. The van der Waals surface area contributed by atoms with Gasteiger partial charge in [0, 0.05) is 54.3 Å². The van der Waals surface area contributed by atoms with Crippen molar-refractivity contribution in [3.63, 3.8) is 0 Å². The number of nitrogens with zero attached hydrogens (tertiary/aromatic N) is 5. The highest BCUT2D eigenvalue weighted by Gasteiger charge is 2.48. The number of carbonyl (C=O) groups is 1. The zero-order chi connectivity index (χ0) is 27.0. The fourth-order valence-corrected chi connectivity index (χ4v) is 6.92. The van der Waals surface area contributed by atoms with Crippen molar-refractivity contribution < 1.29 is 13.9 Å². The molecular formula is C31H29FN6O2. The van der Waals surface area contributed by atoms with Gasteiger partial charge in [-0.3, -0.25) is 14.1 Å². The van der Waals surface area contributed by atoms with Gasteiger partial charge in [0.2, 0.25) is 0 Å². The standard InChI is InChI=1S/C31H29FN6O2/c1-37(19-2-3-19)24-15-31(9-12-40-13-10-31)22-5-7-26(36-29(22)24)35-23-6-4-20(21-16-34-30(39)28(21)23)25-17-33-27-14-18(32)8-11-38(25)27/h4-8,11,14,16-17,19,24H,2-3,9-10,12-13,15H2,1H3,(H,35,36). The average Bonchev–Trinajstić information content (AvgIpc) is 3.53. The molecule has 2 aliphatic carbocycles. The second-order valence-electron chi connectivity index (χ2n) is 11.5. The number of pyridine rings is 2. The lowest BCUT2D eigenvalue weighted by molar-refractivity contribution is 0.0425. The van der Waals surface area contributed by atoms with E-state index in [4.69, 9.17) is 9.72 Å². The van der Waals surface area contributed by atoms with E-state index in [9.17, 15) is 9.18 Å². The fourth-order valence-electron chi connectivity index (χ4n) is 6.92. The van der Waals surface area contributed by atoms with Crippen LogP contribution < -0.4 is 5.32 Å². The summed E-state index contributed by atoms with van der Waals surface area (Å²) in [5.74, 6) is 0.0752. The predicted octanol–water partition coefficient (Wildman–Crippen LogP) is 5.44. The van der Waals surface area contributed by atoms with Gasteiger partial charge in [-0.15, -0.1) is 0 Å². The van der Waals surface area contributed by atoms with Crippen LogP contribution in [0.5, 0.6) is 0 Å². The summed E-state index contributed by atoms with van der Waals surface area (Å²) in [6, 6.07) is 11.8. The van der Waals surface area contributed by atoms with Crippen LogP contribution in [-0.4, -0.2) is 57.7 Å². The van der Waals surface area contributed by atoms with Gasteiger partial charge < -0.3 is 10.1 Å². The lowest BCUT2D eigenvalue weighted by Gasteiger charge is -2.35. The Bertz CT molecular complexity index is 1720. The molecule has 2 fully saturated rings. The first kappa shape index (κ1) is 23.9. The Balaban J connectivity index is 1.17. The molecule has 1 atom stereocenters. The molecule has 1 saturated heterocycles. The quantitative estimate of drug-likeness (QED) is 0.366. The van der Waals surface area contributed by atoms with Crippen LogP contribution >= 0.6 is 0 Å². The van der Waals surface area contributed by atoms with E-state index >= 15 is 0 Å². The Kier molecular flexibility index (Phi) is 5.24. The van der Waals surface area contributed by atoms with E-state index in [0.717, 1.165) is 60.8 Å². The molecule has 1 amide bonds. The van der Waals surface area contributed by atoms with Gasteiger partial charge in [-0.25, -0.2) is 19.4 Å². The van der Waals surface area contributed by atoms with Gasteiger partial charge in [-0.2, -0.15) is 0 Å². The third kappa shape index (κ3) is 3.64. The Morgan fingerprint density at radius 1 is 1.15 bits per heavy atom. The Labute approximate surface area is 230 Å². The molecule has 1 saturated carbocycles. The van der Waals surface area contributed by atoms with Gasteiger partial charge in [-0.05, 0) is 62.9 Å². The number of aromatic nitrogens is 3. The first-order valence-corrected chi connectivity index (χ1v) is 14.0. The summed E-state index contributed by atoms with van der Waals surface area (Å²) < 4.78 is 21.3. The average molecular weight is 537 g/mol. The number of benzene rings is 1. The van der Waals surface area contributed by atoms with Crippen LogP contribution in [0.1, 0.15) is 65.3 Å². The van der Waals surface area contributed by atoms with E-state index in [1.807, 2.05) is 22.6 Å². The third-order valence-electron chi connectivity index (χ3n) is 9.24. The smallest absolute Gasteiger partial charge is 0.279 e. The number of amides is 1. The lowest BCUT2D eigenvalue weighted by atomic mass is 9.75. The topological polar surface area (TPSA) is 84.1 Å². The van der Waals surface area contributed by atoms with Gasteiger partial charge in [0.1, 0.15) is 17.3 Å². The summed E-state index contributed by atoms with van der Waals surface area (Å²) in [5, 5.41) is 3.45. The molecule has 9 heteroatoms. The number of fused-ring (bicyclic) bond motifs is 4. The van der Waals surface area contributed by atoms with E-state index in [0.29, 0.717) is 22.9 Å². The minimum absolute atomic E-state index is 0.122. The summed E-state index contributed by atoms with van der Waals surface area (Å²) in [6.45, 7) is 1.59. The van der Waals surface area contributed by atoms with E-state index in [1.54, 1.807) is 18.6 Å².